The Morgan fingerprint density at radius 3 is 2.55 bits per heavy atom. The van der Waals surface area contributed by atoms with Gasteiger partial charge in [0.15, 0.2) is 6.61 Å². The van der Waals surface area contributed by atoms with Gasteiger partial charge in [0.1, 0.15) is 5.75 Å². The zero-order valence-electron chi connectivity index (χ0n) is 17.6. The number of ether oxygens (including phenoxy) is 2. The third-order valence-electron chi connectivity index (χ3n) is 5.07. The van der Waals surface area contributed by atoms with Gasteiger partial charge in [0.2, 0.25) is 0 Å². The van der Waals surface area contributed by atoms with E-state index in [1.807, 2.05) is 17.9 Å². The van der Waals surface area contributed by atoms with Crippen molar-refractivity contribution in [3.05, 3.63) is 57.6 Å². The number of nitro benzene ring substituents is 1. The van der Waals surface area contributed by atoms with Gasteiger partial charge in [0.25, 0.3) is 11.6 Å². The molecule has 1 heterocycles. The Hall–Kier alpha value is -3.62. The minimum atomic E-state index is -0.782. The van der Waals surface area contributed by atoms with Gasteiger partial charge in [-0.05, 0) is 49.9 Å². The minimum Gasteiger partial charge on any atom is -0.495 e. The maximum atomic E-state index is 12.7. The van der Waals surface area contributed by atoms with E-state index in [2.05, 4.69) is 5.32 Å². The highest BCUT2D eigenvalue weighted by Gasteiger charge is 2.23. The van der Waals surface area contributed by atoms with E-state index in [0.29, 0.717) is 17.1 Å². The fourth-order valence-corrected chi connectivity index (χ4v) is 3.53. The molecule has 3 rings (SSSR count). The van der Waals surface area contributed by atoms with Crippen LogP contribution in [0.15, 0.2) is 36.4 Å². The summed E-state index contributed by atoms with van der Waals surface area (Å²) in [6.07, 6.45) is 3.06. The van der Waals surface area contributed by atoms with Crippen molar-refractivity contribution in [3.8, 4) is 5.75 Å². The summed E-state index contributed by atoms with van der Waals surface area (Å²) in [4.78, 5) is 37.7. The number of hydrogen-bond acceptors (Lipinski definition) is 7. The second-order valence-electron chi connectivity index (χ2n) is 7.33. The Kier molecular flexibility index (Phi) is 7.07. The molecule has 2 aromatic rings. The third kappa shape index (κ3) is 5.50. The van der Waals surface area contributed by atoms with Gasteiger partial charge < -0.3 is 19.7 Å². The molecule has 1 aliphatic heterocycles. The molecule has 0 spiro atoms. The van der Waals surface area contributed by atoms with Crippen molar-refractivity contribution >= 4 is 28.9 Å². The fourth-order valence-electron chi connectivity index (χ4n) is 3.53. The molecule has 0 unspecified atom stereocenters. The number of carbonyl (C=O) groups is 2. The number of benzene rings is 2. The molecule has 9 heteroatoms. The van der Waals surface area contributed by atoms with Crippen molar-refractivity contribution in [2.45, 2.75) is 26.2 Å². The second-order valence-corrected chi connectivity index (χ2v) is 7.33. The van der Waals surface area contributed by atoms with Crippen molar-refractivity contribution in [3.63, 3.8) is 0 Å². The van der Waals surface area contributed by atoms with Gasteiger partial charge in [0.05, 0.1) is 29.0 Å². The van der Waals surface area contributed by atoms with Crippen LogP contribution in [0.3, 0.4) is 0 Å². The van der Waals surface area contributed by atoms with E-state index in [9.17, 15) is 19.7 Å². The van der Waals surface area contributed by atoms with Gasteiger partial charge in [0, 0.05) is 25.2 Å². The van der Waals surface area contributed by atoms with Crippen LogP contribution >= 0.6 is 0 Å². The van der Waals surface area contributed by atoms with Crippen LogP contribution < -0.4 is 15.0 Å². The Morgan fingerprint density at radius 1 is 1.13 bits per heavy atom. The highest BCUT2D eigenvalue weighted by Crippen LogP contribution is 2.29. The largest absolute Gasteiger partial charge is 0.495 e. The molecule has 9 nitrogen and oxygen atoms in total. The second kappa shape index (κ2) is 9.92. The van der Waals surface area contributed by atoms with Crippen LogP contribution in [0.2, 0.25) is 0 Å². The molecule has 1 N–H and O–H groups in total. The number of piperidine rings is 1. The Bertz CT molecular complexity index is 985. The normalized spacial score (nSPS) is 13.4. The molecule has 1 fully saturated rings. The van der Waals surface area contributed by atoms with E-state index >= 15 is 0 Å². The predicted molar refractivity (Wildman–Crippen MR) is 116 cm³/mol. The summed E-state index contributed by atoms with van der Waals surface area (Å²) in [7, 11) is 1.49. The maximum Gasteiger partial charge on any atom is 0.341 e. The van der Waals surface area contributed by atoms with Crippen molar-refractivity contribution in [2.75, 3.05) is 37.0 Å². The standard InChI is InChI=1S/C22H25N3O6/c1-15-6-9-20(30-2)18(12-15)23-21(26)14-31-22(27)17-13-16(25(28)29)7-8-19(17)24-10-4-3-5-11-24/h6-9,12-13H,3-5,10-11,14H2,1-2H3,(H,23,26). The molecule has 164 valence electrons. The highest BCUT2D eigenvalue weighted by molar-refractivity contribution is 5.99. The lowest BCUT2D eigenvalue weighted by atomic mass is 10.1. The topological polar surface area (TPSA) is 111 Å². The molecule has 0 bridgehead atoms. The molecule has 1 aliphatic rings. The summed E-state index contributed by atoms with van der Waals surface area (Å²) in [5, 5.41) is 13.8. The first-order chi connectivity index (χ1) is 14.9. The van der Waals surface area contributed by atoms with Crippen LogP contribution in [0, 0.1) is 17.0 Å². The van der Waals surface area contributed by atoms with Crippen LogP contribution in [0.5, 0.6) is 5.75 Å². The SMILES string of the molecule is COc1ccc(C)cc1NC(=O)COC(=O)c1cc([N+](=O)[O-])ccc1N1CCCCC1. The number of anilines is 2. The Balaban J connectivity index is 1.73. The number of nitrogens with one attached hydrogen (secondary N) is 1. The van der Waals surface area contributed by atoms with E-state index < -0.39 is 23.4 Å². The van der Waals surface area contributed by atoms with Crippen molar-refractivity contribution in [1.82, 2.24) is 0 Å². The number of amides is 1. The summed E-state index contributed by atoms with van der Waals surface area (Å²) in [6, 6.07) is 9.46. The average molecular weight is 427 g/mol. The number of non-ortho nitro benzene ring substituents is 1. The maximum absolute atomic E-state index is 12.7. The molecule has 0 aromatic heterocycles. The predicted octanol–water partition coefficient (Wildman–Crippen LogP) is 3.70. The quantitative estimate of drug-likeness (QED) is 0.407. The van der Waals surface area contributed by atoms with Crippen LogP contribution in [0.4, 0.5) is 17.1 Å². The van der Waals surface area contributed by atoms with Crippen LogP contribution in [0.1, 0.15) is 35.2 Å². The van der Waals surface area contributed by atoms with Crippen molar-refractivity contribution in [2.24, 2.45) is 0 Å². The first-order valence-corrected chi connectivity index (χ1v) is 10.0. The molecule has 0 saturated carbocycles. The number of nitro groups is 1. The first kappa shape index (κ1) is 22.1. The lowest BCUT2D eigenvalue weighted by molar-refractivity contribution is -0.384. The van der Waals surface area contributed by atoms with E-state index in [1.165, 1.54) is 19.2 Å². The van der Waals surface area contributed by atoms with Gasteiger partial charge >= 0.3 is 5.97 Å². The molecule has 0 aliphatic carbocycles. The molecule has 2 aromatic carbocycles. The molecule has 0 atom stereocenters. The molecule has 1 amide bonds. The van der Waals surface area contributed by atoms with Crippen LogP contribution in [-0.4, -0.2) is 43.6 Å². The average Bonchev–Trinajstić information content (AvgIpc) is 2.77. The number of aryl methyl sites for hydroxylation is 1. The van der Waals surface area contributed by atoms with Crippen LogP contribution in [0.25, 0.3) is 0 Å². The Labute approximate surface area is 180 Å². The molecular formula is C22H25N3O6. The summed E-state index contributed by atoms with van der Waals surface area (Å²) in [6.45, 7) is 2.86. The van der Waals surface area contributed by atoms with E-state index in [4.69, 9.17) is 9.47 Å². The van der Waals surface area contributed by atoms with E-state index in [1.54, 1.807) is 18.2 Å². The smallest absolute Gasteiger partial charge is 0.341 e. The number of methoxy groups -OCH3 is 1. The number of esters is 1. The molecule has 1 saturated heterocycles. The molecule has 0 radical (unpaired) electrons. The third-order valence-corrected chi connectivity index (χ3v) is 5.07. The fraction of sp³-hybridized carbons (Fsp3) is 0.364. The van der Waals surface area contributed by atoms with Crippen LogP contribution in [-0.2, 0) is 9.53 Å². The number of nitrogens with zero attached hydrogens (tertiary/aromatic N) is 2. The summed E-state index contributed by atoms with van der Waals surface area (Å²) in [5.41, 5.74) is 1.85. The monoisotopic (exact) mass is 427 g/mol. The summed E-state index contributed by atoms with van der Waals surface area (Å²) < 4.78 is 10.4. The first-order valence-electron chi connectivity index (χ1n) is 10.0. The van der Waals surface area contributed by atoms with Gasteiger partial charge in [-0.2, -0.15) is 0 Å². The zero-order valence-corrected chi connectivity index (χ0v) is 17.6. The van der Waals surface area contributed by atoms with E-state index in [-0.39, 0.29) is 11.3 Å². The van der Waals surface area contributed by atoms with Gasteiger partial charge in [-0.1, -0.05) is 6.07 Å². The van der Waals surface area contributed by atoms with Gasteiger partial charge in [-0.3, -0.25) is 14.9 Å². The van der Waals surface area contributed by atoms with Crippen molar-refractivity contribution < 1.29 is 24.0 Å². The Morgan fingerprint density at radius 2 is 1.87 bits per heavy atom. The number of carbonyl (C=O) groups excluding carboxylic acids is 2. The van der Waals surface area contributed by atoms with Crippen molar-refractivity contribution in [1.29, 1.82) is 0 Å². The van der Waals surface area contributed by atoms with E-state index in [0.717, 1.165) is 37.9 Å². The number of hydrogen-bond donors (Lipinski definition) is 1. The lowest BCUT2D eigenvalue weighted by Crippen LogP contribution is -2.31. The minimum absolute atomic E-state index is 0.0806. The molecule has 31 heavy (non-hydrogen) atoms. The number of rotatable bonds is 7. The lowest BCUT2D eigenvalue weighted by Gasteiger charge is -2.30. The van der Waals surface area contributed by atoms with Gasteiger partial charge in [-0.15, -0.1) is 0 Å². The van der Waals surface area contributed by atoms with Gasteiger partial charge in [-0.25, -0.2) is 4.79 Å². The zero-order chi connectivity index (χ0) is 22.4. The summed E-state index contributed by atoms with van der Waals surface area (Å²) in [5.74, 6) is -0.839. The summed E-state index contributed by atoms with van der Waals surface area (Å²) >= 11 is 0. The highest BCUT2D eigenvalue weighted by atomic mass is 16.6. The molecular weight excluding hydrogens is 402 g/mol.